The minimum Gasteiger partial charge on any atom is -0.328 e. The number of hydrogen-bond acceptors (Lipinski definition) is 1. The minimum atomic E-state index is 0.509. The van der Waals surface area contributed by atoms with E-state index in [1.807, 2.05) is 0 Å². The second-order valence-corrected chi connectivity index (χ2v) is 3.37. The Bertz CT molecular complexity index is 75.0. The molecule has 9 heavy (non-hydrogen) atoms. The van der Waals surface area contributed by atoms with E-state index in [0.29, 0.717) is 6.04 Å². The molecule has 1 fully saturated rings. The van der Waals surface area contributed by atoms with Crippen molar-refractivity contribution in [3.63, 3.8) is 0 Å². The summed E-state index contributed by atoms with van der Waals surface area (Å²) in [6.07, 6.45) is 6.60. The summed E-state index contributed by atoms with van der Waals surface area (Å²) in [6.45, 7) is 0. The van der Waals surface area contributed by atoms with Crippen molar-refractivity contribution in [3.05, 3.63) is 0 Å². The summed E-state index contributed by atoms with van der Waals surface area (Å²) >= 11 is 0. The van der Waals surface area contributed by atoms with Crippen LogP contribution in [0.1, 0.15) is 32.1 Å². The molecule has 0 aliphatic heterocycles. The van der Waals surface area contributed by atoms with Gasteiger partial charge in [-0.1, -0.05) is 25.1 Å². The van der Waals surface area contributed by atoms with Crippen molar-refractivity contribution in [1.82, 2.24) is 0 Å². The van der Waals surface area contributed by atoms with E-state index in [4.69, 9.17) is 5.73 Å². The van der Waals surface area contributed by atoms with Crippen molar-refractivity contribution < 1.29 is 0 Å². The fourth-order valence-electron chi connectivity index (χ4n) is 1.52. The van der Waals surface area contributed by atoms with E-state index in [9.17, 15) is 0 Å². The smallest absolute Gasteiger partial charge is 0.105 e. The van der Waals surface area contributed by atoms with E-state index in [-0.39, 0.29) is 0 Å². The molecule has 0 spiro atoms. The van der Waals surface area contributed by atoms with Crippen LogP contribution in [-0.4, -0.2) is 13.9 Å². The Hall–Kier alpha value is 0.0249. The minimum absolute atomic E-state index is 0.509. The highest BCUT2D eigenvalue weighted by Gasteiger charge is 2.11. The van der Waals surface area contributed by atoms with Gasteiger partial charge in [0.05, 0.1) is 0 Å². The highest BCUT2D eigenvalue weighted by Crippen LogP contribution is 2.23. The van der Waals surface area contributed by atoms with E-state index >= 15 is 0 Å². The van der Waals surface area contributed by atoms with Crippen LogP contribution < -0.4 is 5.73 Å². The molecule has 0 radical (unpaired) electrons. The summed E-state index contributed by atoms with van der Waals surface area (Å²) in [6, 6.07) is 0.509. The molecule has 0 heterocycles. The highest BCUT2D eigenvalue weighted by atomic mass is 14.6. The van der Waals surface area contributed by atoms with Gasteiger partial charge >= 0.3 is 0 Å². The van der Waals surface area contributed by atoms with Crippen molar-refractivity contribution in [2.45, 2.75) is 44.0 Å². The molecule has 52 valence electrons. The quantitative estimate of drug-likeness (QED) is 0.374. The molecule has 1 aliphatic rings. The molecule has 0 aromatic carbocycles. The molecule has 0 saturated heterocycles. The summed E-state index contributed by atoms with van der Waals surface area (Å²) < 4.78 is 0. The van der Waals surface area contributed by atoms with E-state index in [1.54, 1.807) is 0 Å². The van der Waals surface area contributed by atoms with E-state index in [1.165, 1.54) is 32.1 Å². The second-order valence-electron chi connectivity index (χ2n) is 3.37. The average Bonchev–Trinajstić information content (AvgIpc) is 1.97. The van der Waals surface area contributed by atoms with Crippen molar-refractivity contribution in [2.24, 2.45) is 5.73 Å². The first kappa shape index (κ1) is 7.14. The molecule has 0 aromatic heterocycles. The van der Waals surface area contributed by atoms with E-state index < -0.39 is 0 Å². The molecule has 2 unspecified atom stereocenters. The van der Waals surface area contributed by atoms with Gasteiger partial charge in [-0.2, -0.15) is 0 Å². The van der Waals surface area contributed by atoms with E-state index in [0.717, 1.165) is 5.82 Å². The Kier molecular flexibility index (Phi) is 2.58. The van der Waals surface area contributed by atoms with Crippen LogP contribution in [0.5, 0.6) is 0 Å². The lowest BCUT2D eigenvalue weighted by Gasteiger charge is -2.05. The van der Waals surface area contributed by atoms with E-state index in [2.05, 4.69) is 7.85 Å². The Morgan fingerprint density at radius 1 is 1.11 bits per heavy atom. The SMILES string of the molecule is BC1CCCC(N)CC1. The first-order chi connectivity index (χ1) is 4.29. The Balaban J connectivity index is 2.25. The Morgan fingerprint density at radius 3 is 2.67 bits per heavy atom. The molecule has 2 N–H and O–H groups in total. The van der Waals surface area contributed by atoms with Gasteiger partial charge in [0.15, 0.2) is 0 Å². The second kappa shape index (κ2) is 3.26. The monoisotopic (exact) mass is 125 g/mol. The van der Waals surface area contributed by atoms with Gasteiger partial charge in [-0.3, -0.25) is 0 Å². The summed E-state index contributed by atoms with van der Waals surface area (Å²) in [5.41, 5.74) is 5.80. The summed E-state index contributed by atoms with van der Waals surface area (Å²) in [5, 5.41) is 0. The van der Waals surface area contributed by atoms with Gasteiger partial charge in [0.25, 0.3) is 0 Å². The summed E-state index contributed by atoms with van der Waals surface area (Å²) in [5.74, 6) is 0.929. The maximum absolute atomic E-state index is 5.80. The lowest BCUT2D eigenvalue weighted by atomic mass is 9.81. The topological polar surface area (TPSA) is 26.0 Å². The molecular formula is C7H16BN. The maximum atomic E-state index is 5.80. The fourth-order valence-corrected chi connectivity index (χ4v) is 1.52. The highest BCUT2D eigenvalue weighted by molar-refractivity contribution is 6.11. The van der Waals surface area contributed by atoms with Gasteiger partial charge < -0.3 is 5.73 Å². The zero-order chi connectivity index (χ0) is 6.69. The lowest BCUT2D eigenvalue weighted by molar-refractivity contribution is 0.583. The maximum Gasteiger partial charge on any atom is 0.105 e. The predicted molar refractivity (Wildman–Crippen MR) is 43.4 cm³/mol. The molecule has 1 aliphatic carbocycles. The van der Waals surface area contributed by atoms with Crippen LogP contribution in [0, 0.1) is 0 Å². The van der Waals surface area contributed by atoms with Crippen molar-refractivity contribution in [1.29, 1.82) is 0 Å². The Labute approximate surface area is 58.4 Å². The molecule has 2 heteroatoms. The van der Waals surface area contributed by atoms with Gasteiger partial charge in [0.2, 0.25) is 0 Å². The molecule has 1 saturated carbocycles. The van der Waals surface area contributed by atoms with Crippen LogP contribution in [0.15, 0.2) is 0 Å². The molecular weight excluding hydrogens is 109 g/mol. The van der Waals surface area contributed by atoms with Crippen molar-refractivity contribution in [3.8, 4) is 0 Å². The fraction of sp³-hybridized carbons (Fsp3) is 1.00. The van der Waals surface area contributed by atoms with Gasteiger partial charge in [0.1, 0.15) is 7.85 Å². The number of nitrogens with two attached hydrogens (primary N) is 1. The third-order valence-electron chi connectivity index (χ3n) is 2.30. The number of rotatable bonds is 0. The zero-order valence-electron chi connectivity index (χ0n) is 6.27. The zero-order valence-corrected chi connectivity index (χ0v) is 6.27. The molecule has 0 aromatic rings. The largest absolute Gasteiger partial charge is 0.328 e. The van der Waals surface area contributed by atoms with Crippen molar-refractivity contribution in [2.75, 3.05) is 0 Å². The van der Waals surface area contributed by atoms with Crippen LogP contribution in [0.3, 0.4) is 0 Å². The van der Waals surface area contributed by atoms with Gasteiger partial charge in [0, 0.05) is 6.04 Å². The molecule has 1 rings (SSSR count). The van der Waals surface area contributed by atoms with Gasteiger partial charge in [-0.05, 0) is 12.8 Å². The van der Waals surface area contributed by atoms with Crippen LogP contribution in [0.2, 0.25) is 5.82 Å². The van der Waals surface area contributed by atoms with Crippen LogP contribution >= 0.6 is 0 Å². The third kappa shape index (κ3) is 2.40. The van der Waals surface area contributed by atoms with Gasteiger partial charge in [-0.25, -0.2) is 0 Å². The molecule has 1 nitrogen and oxygen atoms in total. The predicted octanol–water partition coefficient (Wildman–Crippen LogP) is 0.699. The summed E-state index contributed by atoms with van der Waals surface area (Å²) in [4.78, 5) is 0. The summed E-state index contributed by atoms with van der Waals surface area (Å²) in [7, 11) is 2.33. The van der Waals surface area contributed by atoms with Gasteiger partial charge in [-0.15, -0.1) is 0 Å². The van der Waals surface area contributed by atoms with Crippen LogP contribution in [0.4, 0.5) is 0 Å². The standard InChI is InChI=1S/C7H16BN/c8-6-2-1-3-7(9)5-4-6/h6-7H,1-5,8-9H2. The first-order valence-corrected chi connectivity index (χ1v) is 4.04. The molecule has 0 bridgehead atoms. The molecule has 0 amide bonds. The third-order valence-corrected chi connectivity index (χ3v) is 2.30. The Morgan fingerprint density at radius 2 is 1.89 bits per heavy atom. The average molecular weight is 125 g/mol. The van der Waals surface area contributed by atoms with Crippen LogP contribution in [-0.2, 0) is 0 Å². The van der Waals surface area contributed by atoms with Crippen molar-refractivity contribution >= 4 is 7.85 Å². The number of hydrogen-bond donors (Lipinski definition) is 1. The molecule has 2 atom stereocenters. The first-order valence-electron chi connectivity index (χ1n) is 4.04. The normalized spacial score (nSPS) is 37.9. The van der Waals surface area contributed by atoms with Crippen LogP contribution in [0.25, 0.3) is 0 Å². The lowest BCUT2D eigenvalue weighted by Crippen LogP contribution is -2.17.